The molecule has 2 rings (SSSR count). The number of aliphatic hydroxyl groups is 1. The summed E-state index contributed by atoms with van der Waals surface area (Å²) in [4.78, 5) is 7.41. The summed E-state index contributed by atoms with van der Waals surface area (Å²) in [5.41, 5.74) is 0.202. The summed E-state index contributed by atoms with van der Waals surface area (Å²) in [6.07, 6.45) is 9.79. The normalized spacial score (nSPS) is 20.4. The van der Waals surface area contributed by atoms with Gasteiger partial charge in [0, 0.05) is 52.5 Å². The van der Waals surface area contributed by atoms with E-state index in [1.165, 1.54) is 44.9 Å². The van der Waals surface area contributed by atoms with Gasteiger partial charge in [-0.1, -0.05) is 19.3 Å². The Balaban J connectivity index is 1.82. The first-order valence-corrected chi connectivity index (χ1v) is 10.6. The van der Waals surface area contributed by atoms with E-state index in [2.05, 4.69) is 22.5 Å². The van der Waals surface area contributed by atoms with E-state index in [-0.39, 0.29) is 12.0 Å². The zero-order valence-electron chi connectivity index (χ0n) is 16.9. The Morgan fingerprint density at radius 3 is 2.58 bits per heavy atom. The molecule has 6 nitrogen and oxygen atoms in total. The van der Waals surface area contributed by atoms with Crippen LogP contribution in [-0.2, 0) is 4.74 Å². The summed E-state index contributed by atoms with van der Waals surface area (Å²) in [7, 11) is 1.77. The second kappa shape index (κ2) is 11.8. The maximum absolute atomic E-state index is 9.49. The lowest BCUT2D eigenvalue weighted by Crippen LogP contribution is -2.43. The molecular weight excluding hydrogens is 328 g/mol. The van der Waals surface area contributed by atoms with Gasteiger partial charge < -0.3 is 20.5 Å². The number of methoxy groups -OCH3 is 1. The quantitative estimate of drug-likeness (QED) is 0.363. The molecule has 2 saturated carbocycles. The Bertz CT molecular complexity index is 401. The molecule has 6 heteroatoms. The van der Waals surface area contributed by atoms with Crippen molar-refractivity contribution in [3.8, 4) is 0 Å². The van der Waals surface area contributed by atoms with E-state index in [0.29, 0.717) is 0 Å². The summed E-state index contributed by atoms with van der Waals surface area (Å²) < 4.78 is 5.24. The lowest BCUT2D eigenvalue weighted by Gasteiger charge is -2.35. The van der Waals surface area contributed by atoms with Gasteiger partial charge in [0.05, 0.1) is 6.61 Å². The van der Waals surface area contributed by atoms with Crippen molar-refractivity contribution in [1.82, 2.24) is 15.5 Å². The van der Waals surface area contributed by atoms with Crippen LogP contribution in [0.25, 0.3) is 0 Å². The van der Waals surface area contributed by atoms with E-state index in [0.717, 1.165) is 57.8 Å². The minimum absolute atomic E-state index is 0.202. The van der Waals surface area contributed by atoms with Crippen LogP contribution in [0.1, 0.15) is 58.3 Å². The first-order valence-electron chi connectivity index (χ1n) is 10.6. The highest BCUT2D eigenvalue weighted by atomic mass is 16.5. The van der Waals surface area contributed by atoms with Gasteiger partial charge in [0.15, 0.2) is 5.96 Å². The van der Waals surface area contributed by atoms with Crippen molar-refractivity contribution in [2.45, 2.75) is 64.3 Å². The van der Waals surface area contributed by atoms with Crippen molar-refractivity contribution < 1.29 is 9.84 Å². The smallest absolute Gasteiger partial charge is 0.191 e. The van der Waals surface area contributed by atoms with Gasteiger partial charge in [-0.15, -0.1) is 0 Å². The maximum atomic E-state index is 9.49. The lowest BCUT2D eigenvalue weighted by atomic mass is 9.72. The molecular formula is C20H40N4O2. The fraction of sp³-hybridized carbons (Fsp3) is 0.950. The summed E-state index contributed by atoms with van der Waals surface area (Å²) in [6, 6.07) is 0.751. The van der Waals surface area contributed by atoms with Crippen LogP contribution < -0.4 is 10.6 Å². The van der Waals surface area contributed by atoms with Crippen molar-refractivity contribution in [3.63, 3.8) is 0 Å². The molecule has 0 aromatic heterocycles. The highest BCUT2D eigenvalue weighted by Gasteiger charge is 2.31. The van der Waals surface area contributed by atoms with Crippen molar-refractivity contribution in [2.75, 3.05) is 53.0 Å². The first-order chi connectivity index (χ1) is 12.7. The van der Waals surface area contributed by atoms with Gasteiger partial charge in [0.1, 0.15) is 0 Å². The van der Waals surface area contributed by atoms with Gasteiger partial charge in [0.2, 0.25) is 0 Å². The molecule has 0 amide bonds. The molecule has 0 radical (unpaired) electrons. The van der Waals surface area contributed by atoms with Gasteiger partial charge in [-0.2, -0.15) is 0 Å². The third-order valence-electron chi connectivity index (χ3n) is 5.81. The Labute approximate surface area is 159 Å². The predicted octanol–water partition coefficient (Wildman–Crippen LogP) is 1.99. The highest BCUT2D eigenvalue weighted by molar-refractivity contribution is 5.79. The average molecular weight is 369 g/mol. The molecule has 3 N–H and O–H groups in total. The van der Waals surface area contributed by atoms with Gasteiger partial charge in [-0.05, 0) is 44.4 Å². The van der Waals surface area contributed by atoms with E-state index in [4.69, 9.17) is 9.73 Å². The standard InChI is InChI=1S/C20H40N4O2/c1-3-21-19(22-12-13-24(14-16-26-2)18-7-8-18)23-17-20(11-15-25)9-5-4-6-10-20/h18,25H,3-17H2,1-2H3,(H2,21,22,23). The van der Waals surface area contributed by atoms with Crippen LogP contribution in [-0.4, -0.2) is 75.1 Å². The second-order valence-electron chi connectivity index (χ2n) is 7.92. The Hall–Kier alpha value is -0.850. The average Bonchev–Trinajstić information content (AvgIpc) is 3.48. The van der Waals surface area contributed by atoms with Gasteiger partial charge >= 0.3 is 0 Å². The van der Waals surface area contributed by atoms with Crippen LogP contribution in [0.4, 0.5) is 0 Å². The van der Waals surface area contributed by atoms with Crippen LogP contribution in [0.3, 0.4) is 0 Å². The first kappa shape index (κ1) is 21.5. The number of nitrogens with zero attached hydrogens (tertiary/aromatic N) is 2. The molecule has 0 aliphatic heterocycles. The van der Waals surface area contributed by atoms with E-state index in [1.54, 1.807) is 7.11 Å². The molecule has 0 saturated heterocycles. The number of hydrogen-bond donors (Lipinski definition) is 3. The van der Waals surface area contributed by atoms with E-state index >= 15 is 0 Å². The monoisotopic (exact) mass is 368 g/mol. The number of ether oxygens (including phenoxy) is 1. The van der Waals surface area contributed by atoms with Crippen LogP contribution in [0.2, 0.25) is 0 Å². The largest absolute Gasteiger partial charge is 0.396 e. The van der Waals surface area contributed by atoms with Crippen molar-refractivity contribution in [2.24, 2.45) is 10.4 Å². The number of nitrogens with one attached hydrogen (secondary N) is 2. The van der Waals surface area contributed by atoms with Gasteiger partial charge in [-0.3, -0.25) is 9.89 Å². The maximum Gasteiger partial charge on any atom is 0.191 e. The predicted molar refractivity (Wildman–Crippen MR) is 108 cm³/mol. The summed E-state index contributed by atoms with van der Waals surface area (Å²) in [6.45, 7) is 7.81. The van der Waals surface area contributed by atoms with Crippen molar-refractivity contribution in [3.05, 3.63) is 0 Å². The fourth-order valence-corrected chi connectivity index (χ4v) is 4.06. The molecule has 0 atom stereocenters. The highest BCUT2D eigenvalue weighted by Crippen LogP contribution is 2.39. The Kier molecular flexibility index (Phi) is 9.72. The molecule has 2 aliphatic carbocycles. The SMILES string of the molecule is CCNC(=NCC1(CCO)CCCCC1)NCCN(CCOC)C1CC1. The third kappa shape index (κ3) is 7.41. The Morgan fingerprint density at radius 1 is 1.19 bits per heavy atom. The van der Waals surface area contributed by atoms with Gasteiger partial charge in [0.25, 0.3) is 0 Å². The zero-order chi connectivity index (χ0) is 18.7. The van der Waals surface area contributed by atoms with Gasteiger partial charge in [-0.25, -0.2) is 0 Å². The van der Waals surface area contributed by atoms with Crippen LogP contribution in [0.5, 0.6) is 0 Å². The number of hydrogen-bond acceptors (Lipinski definition) is 4. The lowest BCUT2D eigenvalue weighted by molar-refractivity contribution is 0.137. The molecule has 2 fully saturated rings. The number of aliphatic hydroxyl groups excluding tert-OH is 1. The zero-order valence-corrected chi connectivity index (χ0v) is 16.9. The summed E-state index contributed by atoms with van der Waals surface area (Å²) >= 11 is 0. The van der Waals surface area contributed by atoms with Crippen molar-refractivity contribution in [1.29, 1.82) is 0 Å². The van der Waals surface area contributed by atoms with E-state index in [1.807, 2.05) is 0 Å². The molecule has 26 heavy (non-hydrogen) atoms. The van der Waals surface area contributed by atoms with Crippen LogP contribution in [0.15, 0.2) is 4.99 Å². The van der Waals surface area contributed by atoms with Crippen LogP contribution >= 0.6 is 0 Å². The Morgan fingerprint density at radius 2 is 1.96 bits per heavy atom. The molecule has 0 spiro atoms. The molecule has 0 aromatic carbocycles. The molecule has 0 aromatic rings. The molecule has 0 heterocycles. The van der Waals surface area contributed by atoms with Crippen molar-refractivity contribution >= 4 is 5.96 Å². The number of aliphatic imine (C=N–C) groups is 1. The van der Waals surface area contributed by atoms with E-state index in [9.17, 15) is 5.11 Å². The minimum atomic E-state index is 0.202. The number of guanidine groups is 1. The molecule has 2 aliphatic rings. The molecule has 152 valence electrons. The van der Waals surface area contributed by atoms with Crippen LogP contribution in [0, 0.1) is 5.41 Å². The summed E-state index contributed by atoms with van der Waals surface area (Å²) in [5, 5.41) is 16.4. The molecule has 0 unspecified atom stereocenters. The fourth-order valence-electron chi connectivity index (χ4n) is 4.06. The second-order valence-corrected chi connectivity index (χ2v) is 7.92. The number of rotatable bonds is 12. The van der Waals surface area contributed by atoms with E-state index < -0.39 is 0 Å². The summed E-state index contributed by atoms with van der Waals surface area (Å²) in [5.74, 6) is 0.915. The topological polar surface area (TPSA) is 69.1 Å². The third-order valence-corrected chi connectivity index (χ3v) is 5.81. The minimum Gasteiger partial charge on any atom is -0.396 e. The molecule has 0 bridgehead atoms.